The normalized spacial score (nSPS) is 13.5. The van der Waals surface area contributed by atoms with Crippen LogP contribution in [0.25, 0.3) is 22.3 Å². The maximum Gasteiger partial charge on any atom is -0.00647 e. The summed E-state index contributed by atoms with van der Waals surface area (Å²) in [5.74, 6) is 0. The van der Waals surface area contributed by atoms with Crippen LogP contribution in [-0.2, 0) is 27.1 Å². The molecule has 0 nitrogen and oxygen atoms in total. The van der Waals surface area contributed by atoms with Gasteiger partial charge in [-0.25, -0.2) is 0 Å². The molecule has 236 valence electrons. The first-order valence-electron chi connectivity index (χ1n) is 17.3. The second kappa shape index (κ2) is 12.6. The van der Waals surface area contributed by atoms with Gasteiger partial charge in [0, 0.05) is 0 Å². The van der Waals surface area contributed by atoms with Crippen molar-refractivity contribution in [1.29, 1.82) is 0 Å². The quantitative estimate of drug-likeness (QED) is 0.200. The SMILES string of the molecule is CCC(C)(C)c1cccc(-c2cccc(C(C)(C)CC)c2C(C)(C)CC)c1-c1cccc(C(C)(C)CC)c1C(C)(C)CC. The van der Waals surface area contributed by atoms with E-state index in [2.05, 4.69) is 158 Å². The molecule has 0 unspecified atom stereocenters. The first-order valence-corrected chi connectivity index (χ1v) is 17.3. The lowest BCUT2D eigenvalue weighted by atomic mass is 9.65. The van der Waals surface area contributed by atoms with E-state index in [9.17, 15) is 0 Å². The Morgan fingerprint density at radius 2 is 0.651 bits per heavy atom. The summed E-state index contributed by atoms with van der Waals surface area (Å²) in [7, 11) is 0. The first-order chi connectivity index (χ1) is 19.9. The van der Waals surface area contributed by atoms with Crippen LogP contribution < -0.4 is 0 Å². The van der Waals surface area contributed by atoms with E-state index in [-0.39, 0.29) is 27.1 Å². The Balaban J connectivity index is 2.70. The molecule has 43 heavy (non-hydrogen) atoms. The highest BCUT2D eigenvalue weighted by atomic mass is 14.4. The van der Waals surface area contributed by atoms with E-state index in [1.54, 1.807) is 0 Å². The molecule has 0 saturated heterocycles. The fourth-order valence-electron chi connectivity index (χ4n) is 6.68. The topological polar surface area (TPSA) is 0 Å². The van der Waals surface area contributed by atoms with Crippen molar-refractivity contribution in [3.05, 3.63) is 82.4 Å². The van der Waals surface area contributed by atoms with Gasteiger partial charge in [-0.15, -0.1) is 0 Å². The molecule has 0 bridgehead atoms. The van der Waals surface area contributed by atoms with Gasteiger partial charge in [-0.2, -0.15) is 0 Å². The van der Waals surface area contributed by atoms with Crippen LogP contribution in [-0.4, -0.2) is 0 Å². The van der Waals surface area contributed by atoms with Crippen LogP contribution in [0.15, 0.2) is 54.6 Å². The summed E-state index contributed by atoms with van der Waals surface area (Å²) in [6.07, 6.45) is 5.51. The minimum atomic E-state index is 0.0377. The zero-order valence-electron chi connectivity index (χ0n) is 30.7. The highest BCUT2D eigenvalue weighted by molar-refractivity contribution is 5.90. The minimum absolute atomic E-state index is 0.0377. The Hall–Kier alpha value is -2.34. The fraction of sp³-hybridized carbons (Fsp3) is 0.581. The van der Waals surface area contributed by atoms with Crippen LogP contribution >= 0.6 is 0 Å². The first kappa shape index (κ1) is 35.1. The van der Waals surface area contributed by atoms with Crippen molar-refractivity contribution in [3.63, 3.8) is 0 Å². The maximum atomic E-state index is 2.46. The molecular weight excluding hydrogens is 516 g/mol. The summed E-state index contributed by atoms with van der Waals surface area (Å²) in [6.45, 7) is 36.2. The van der Waals surface area contributed by atoms with Crippen LogP contribution in [0.1, 0.15) is 164 Å². The van der Waals surface area contributed by atoms with Crippen molar-refractivity contribution in [3.8, 4) is 22.3 Å². The molecule has 0 atom stereocenters. The zero-order valence-corrected chi connectivity index (χ0v) is 30.7. The summed E-state index contributed by atoms with van der Waals surface area (Å²) in [4.78, 5) is 0. The molecule has 0 aliphatic carbocycles. The van der Waals surface area contributed by atoms with Crippen LogP contribution in [0.4, 0.5) is 0 Å². The largest absolute Gasteiger partial charge is 0.0646 e. The van der Waals surface area contributed by atoms with Gasteiger partial charge in [-0.1, -0.05) is 158 Å². The van der Waals surface area contributed by atoms with Crippen molar-refractivity contribution in [2.45, 2.75) is 163 Å². The third-order valence-corrected chi connectivity index (χ3v) is 11.7. The standard InChI is InChI=1S/C43H64/c1-16-39(6,7)33-27-21-24-30(31-25-22-28-34(40(8,9)17-2)37(31)42(12,13)19-4)36(33)32-26-23-29-35(41(10,11)18-3)38(32)43(14,15)20-5/h21-29H,16-20H2,1-15H3. The molecule has 0 saturated carbocycles. The Bertz CT molecular complexity index is 1410. The predicted octanol–water partition coefficient (Wildman–Crippen LogP) is 13.5. The van der Waals surface area contributed by atoms with Gasteiger partial charge >= 0.3 is 0 Å². The second-order valence-corrected chi connectivity index (χ2v) is 16.4. The lowest BCUT2D eigenvalue weighted by Crippen LogP contribution is -2.28. The number of rotatable bonds is 12. The lowest BCUT2D eigenvalue weighted by molar-refractivity contribution is 0.456. The molecule has 0 N–H and O–H groups in total. The monoisotopic (exact) mass is 581 g/mol. The van der Waals surface area contributed by atoms with Gasteiger partial charge in [0.25, 0.3) is 0 Å². The van der Waals surface area contributed by atoms with E-state index in [0.29, 0.717) is 0 Å². The molecule has 0 aliphatic rings. The Kier molecular flexibility index (Phi) is 10.3. The van der Waals surface area contributed by atoms with Gasteiger partial charge in [-0.05, 0) is 109 Å². The average molecular weight is 581 g/mol. The molecule has 0 radical (unpaired) electrons. The molecule has 0 heteroatoms. The van der Waals surface area contributed by atoms with E-state index >= 15 is 0 Å². The van der Waals surface area contributed by atoms with E-state index in [4.69, 9.17) is 0 Å². The third-order valence-electron chi connectivity index (χ3n) is 11.7. The molecule has 3 aromatic carbocycles. The van der Waals surface area contributed by atoms with E-state index < -0.39 is 0 Å². The van der Waals surface area contributed by atoms with Crippen LogP contribution in [0.2, 0.25) is 0 Å². The molecule has 0 aromatic heterocycles. The number of benzene rings is 3. The molecule has 0 spiro atoms. The zero-order chi connectivity index (χ0) is 32.6. The fourth-order valence-corrected chi connectivity index (χ4v) is 6.68. The predicted molar refractivity (Wildman–Crippen MR) is 194 cm³/mol. The lowest BCUT2D eigenvalue weighted by Gasteiger charge is -2.39. The molecule has 3 rings (SSSR count). The molecule has 0 heterocycles. The molecule has 0 amide bonds. The van der Waals surface area contributed by atoms with Crippen molar-refractivity contribution in [1.82, 2.24) is 0 Å². The summed E-state index contributed by atoms with van der Waals surface area (Å²) >= 11 is 0. The van der Waals surface area contributed by atoms with Gasteiger partial charge in [0.2, 0.25) is 0 Å². The van der Waals surface area contributed by atoms with E-state index in [1.165, 1.54) is 50.1 Å². The summed E-state index contributed by atoms with van der Waals surface area (Å²) in [5.41, 5.74) is 13.5. The van der Waals surface area contributed by atoms with Gasteiger partial charge < -0.3 is 0 Å². The summed E-state index contributed by atoms with van der Waals surface area (Å²) in [6, 6.07) is 21.5. The van der Waals surface area contributed by atoms with Gasteiger partial charge in [0.1, 0.15) is 0 Å². The Morgan fingerprint density at radius 3 is 1.05 bits per heavy atom. The van der Waals surface area contributed by atoms with Crippen molar-refractivity contribution in [2.24, 2.45) is 0 Å². The van der Waals surface area contributed by atoms with E-state index in [1.807, 2.05) is 0 Å². The van der Waals surface area contributed by atoms with Gasteiger partial charge in [0.15, 0.2) is 0 Å². The Morgan fingerprint density at radius 1 is 0.349 bits per heavy atom. The second-order valence-electron chi connectivity index (χ2n) is 16.4. The maximum absolute atomic E-state index is 2.46. The van der Waals surface area contributed by atoms with Crippen LogP contribution in [0, 0.1) is 0 Å². The van der Waals surface area contributed by atoms with Crippen molar-refractivity contribution < 1.29 is 0 Å². The molecule has 0 fully saturated rings. The Labute approximate surface area is 267 Å². The number of hydrogen-bond acceptors (Lipinski definition) is 0. The van der Waals surface area contributed by atoms with Crippen LogP contribution in [0.3, 0.4) is 0 Å². The molecule has 3 aromatic rings. The van der Waals surface area contributed by atoms with Crippen LogP contribution in [0.5, 0.6) is 0 Å². The third kappa shape index (κ3) is 6.55. The highest BCUT2D eigenvalue weighted by Crippen LogP contribution is 2.51. The molecule has 0 aliphatic heterocycles. The van der Waals surface area contributed by atoms with Gasteiger partial charge in [0.05, 0.1) is 0 Å². The van der Waals surface area contributed by atoms with E-state index in [0.717, 1.165) is 32.1 Å². The smallest absolute Gasteiger partial charge is 0.00647 e. The number of hydrogen-bond donors (Lipinski definition) is 0. The van der Waals surface area contributed by atoms with Crippen molar-refractivity contribution >= 4 is 0 Å². The highest BCUT2D eigenvalue weighted by Gasteiger charge is 2.36. The average Bonchev–Trinajstić information content (AvgIpc) is 2.99. The van der Waals surface area contributed by atoms with Crippen molar-refractivity contribution in [2.75, 3.05) is 0 Å². The van der Waals surface area contributed by atoms with Gasteiger partial charge in [-0.3, -0.25) is 0 Å². The minimum Gasteiger partial charge on any atom is -0.0646 e. The summed E-state index contributed by atoms with van der Waals surface area (Å²) < 4.78 is 0. The molecular formula is C43H64. The summed E-state index contributed by atoms with van der Waals surface area (Å²) in [5, 5.41) is 0.